The van der Waals surface area contributed by atoms with Crippen LogP contribution in [0, 0.1) is 11.7 Å². The second-order valence-electron chi connectivity index (χ2n) is 10.8. The van der Waals surface area contributed by atoms with Crippen LogP contribution in [0.1, 0.15) is 25.8 Å². The lowest BCUT2D eigenvalue weighted by atomic mass is 10.0. The maximum Gasteiger partial charge on any atom is 0.415 e. The molecular weight excluding hydrogens is 588 g/mol. The Balaban J connectivity index is 1.31. The summed E-state index contributed by atoms with van der Waals surface area (Å²) in [5.74, 6) is -0.521. The molecule has 226 valence electrons. The number of ether oxygens (including phenoxy) is 1. The highest BCUT2D eigenvalue weighted by Crippen LogP contribution is 2.30. The van der Waals surface area contributed by atoms with Gasteiger partial charge in [-0.1, -0.05) is 50.6 Å². The van der Waals surface area contributed by atoms with Crippen molar-refractivity contribution >= 4 is 51.2 Å². The SMILES string of the molecule is CCC(C)CN(CC(O)C(Cc1ccccc1)NC(=O)C1CN(c2ccc(F)cc2)C(=O)O1)Sc1ccc2ncsc2c1. The van der Waals surface area contributed by atoms with Gasteiger partial charge in [0, 0.05) is 23.7 Å². The standard InChI is InChI=1S/C32H35FN4O4S2/c1-3-21(2)17-36(43-25-13-14-26-30(16-25)42-20-34-26)18-28(38)27(15-22-7-5-4-6-8-22)35-31(39)29-19-37(32(40)41-29)24-11-9-23(33)10-12-24/h4-14,16,20-21,27-29,38H,3,15,17-19H2,1-2H3,(H,35,39). The smallest absolute Gasteiger partial charge is 0.415 e. The van der Waals surface area contributed by atoms with Crippen molar-refractivity contribution in [3.05, 3.63) is 89.7 Å². The minimum atomic E-state index is -1.07. The van der Waals surface area contributed by atoms with Gasteiger partial charge in [-0.15, -0.1) is 11.3 Å². The Morgan fingerprint density at radius 1 is 1.19 bits per heavy atom. The summed E-state index contributed by atoms with van der Waals surface area (Å²) in [5.41, 5.74) is 4.19. The van der Waals surface area contributed by atoms with Crippen molar-refractivity contribution in [3.8, 4) is 0 Å². The number of thiazole rings is 1. The molecule has 4 aromatic rings. The Bertz CT molecular complexity index is 1520. The third kappa shape index (κ3) is 8.11. The summed E-state index contributed by atoms with van der Waals surface area (Å²) in [4.78, 5) is 32.7. The molecule has 11 heteroatoms. The molecule has 2 heterocycles. The van der Waals surface area contributed by atoms with Crippen LogP contribution >= 0.6 is 23.3 Å². The van der Waals surface area contributed by atoms with Gasteiger partial charge in [-0.25, -0.2) is 18.5 Å². The number of nitrogens with one attached hydrogen (secondary N) is 1. The molecule has 5 rings (SSSR count). The van der Waals surface area contributed by atoms with E-state index in [9.17, 15) is 19.1 Å². The first-order valence-corrected chi connectivity index (χ1v) is 16.0. The average Bonchev–Trinajstić information content (AvgIpc) is 3.64. The van der Waals surface area contributed by atoms with E-state index in [2.05, 4.69) is 34.5 Å². The number of fused-ring (bicyclic) bond motifs is 1. The van der Waals surface area contributed by atoms with Crippen molar-refractivity contribution < 1.29 is 23.8 Å². The summed E-state index contributed by atoms with van der Waals surface area (Å²) in [5, 5.41) is 14.6. The minimum absolute atomic E-state index is 0.0134. The monoisotopic (exact) mass is 622 g/mol. The van der Waals surface area contributed by atoms with Gasteiger partial charge in [0.2, 0.25) is 0 Å². The van der Waals surface area contributed by atoms with Gasteiger partial charge in [0.25, 0.3) is 5.91 Å². The lowest BCUT2D eigenvalue weighted by molar-refractivity contribution is -0.129. The molecule has 4 atom stereocenters. The van der Waals surface area contributed by atoms with E-state index in [0.717, 1.165) is 33.6 Å². The van der Waals surface area contributed by atoms with Crippen LogP contribution in [0.4, 0.5) is 14.9 Å². The molecule has 0 aliphatic carbocycles. The quantitative estimate of drug-likeness (QED) is 0.179. The molecule has 1 saturated heterocycles. The number of carbonyl (C=O) groups is 2. The molecule has 8 nitrogen and oxygen atoms in total. The van der Waals surface area contributed by atoms with Crippen molar-refractivity contribution in [1.82, 2.24) is 14.6 Å². The zero-order chi connectivity index (χ0) is 30.3. The number of aromatic nitrogens is 1. The minimum Gasteiger partial charge on any atom is -0.434 e. The van der Waals surface area contributed by atoms with Crippen LogP contribution in [-0.2, 0) is 16.0 Å². The van der Waals surface area contributed by atoms with Crippen molar-refractivity contribution in [2.24, 2.45) is 5.92 Å². The molecule has 1 aromatic heterocycles. The molecule has 1 fully saturated rings. The number of benzene rings is 3. The van der Waals surface area contributed by atoms with Gasteiger partial charge in [0.1, 0.15) is 5.82 Å². The average molecular weight is 623 g/mol. The number of nitrogens with zero attached hydrogens (tertiary/aromatic N) is 3. The van der Waals surface area contributed by atoms with Gasteiger partial charge in [0.15, 0.2) is 6.10 Å². The molecule has 43 heavy (non-hydrogen) atoms. The molecule has 3 aromatic carbocycles. The van der Waals surface area contributed by atoms with Crippen LogP contribution in [0.5, 0.6) is 0 Å². The molecule has 0 saturated carbocycles. The third-order valence-corrected chi connectivity index (χ3v) is 9.29. The van der Waals surface area contributed by atoms with Crippen molar-refractivity contribution in [2.45, 2.75) is 49.8 Å². The van der Waals surface area contributed by atoms with Gasteiger partial charge in [-0.05, 0) is 72.3 Å². The van der Waals surface area contributed by atoms with E-state index in [0.29, 0.717) is 24.6 Å². The van der Waals surface area contributed by atoms with E-state index in [1.54, 1.807) is 23.3 Å². The number of rotatable bonds is 13. The van der Waals surface area contributed by atoms with Crippen LogP contribution in [-0.4, -0.2) is 64.3 Å². The number of aliphatic hydroxyl groups excluding tert-OH is 1. The van der Waals surface area contributed by atoms with E-state index in [-0.39, 0.29) is 6.54 Å². The fourth-order valence-corrected chi connectivity index (χ4v) is 6.81. The van der Waals surface area contributed by atoms with E-state index in [1.807, 2.05) is 48.0 Å². The maximum atomic E-state index is 13.4. The van der Waals surface area contributed by atoms with Crippen LogP contribution in [0.2, 0.25) is 0 Å². The summed E-state index contributed by atoms with van der Waals surface area (Å²) in [7, 11) is 0. The van der Waals surface area contributed by atoms with Gasteiger partial charge in [-0.2, -0.15) is 0 Å². The second-order valence-corrected chi connectivity index (χ2v) is 12.8. The molecule has 0 bridgehead atoms. The first-order chi connectivity index (χ1) is 20.8. The molecule has 2 N–H and O–H groups in total. The van der Waals surface area contributed by atoms with E-state index >= 15 is 0 Å². The zero-order valence-electron chi connectivity index (χ0n) is 24.1. The number of hydrogen-bond donors (Lipinski definition) is 2. The van der Waals surface area contributed by atoms with Gasteiger partial charge in [0.05, 0.1) is 34.4 Å². The fraction of sp³-hybridized carbons (Fsp3) is 0.344. The topological polar surface area (TPSA) is 95.0 Å². The Kier molecular flexibility index (Phi) is 10.3. The number of halogens is 1. The Labute approximate surface area is 259 Å². The molecular formula is C32H35FN4O4S2. The molecule has 4 unspecified atom stereocenters. The lowest BCUT2D eigenvalue weighted by Crippen LogP contribution is -2.52. The van der Waals surface area contributed by atoms with Crippen molar-refractivity contribution in [2.75, 3.05) is 24.5 Å². The van der Waals surface area contributed by atoms with Crippen molar-refractivity contribution in [1.29, 1.82) is 0 Å². The van der Waals surface area contributed by atoms with Crippen LogP contribution < -0.4 is 10.2 Å². The molecule has 0 spiro atoms. The van der Waals surface area contributed by atoms with E-state index < -0.39 is 36.1 Å². The second kappa shape index (κ2) is 14.3. The first-order valence-electron chi connectivity index (χ1n) is 14.3. The van der Waals surface area contributed by atoms with Gasteiger partial charge >= 0.3 is 6.09 Å². The summed E-state index contributed by atoms with van der Waals surface area (Å²) < 4.78 is 22.0. The summed E-state index contributed by atoms with van der Waals surface area (Å²) in [6.07, 6.45) is -1.29. The Morgan fingerprint density at radius 2 is 1.95 bits per heavy atom. The van der Waals surface area contributed by atoms with E-state index in [4.69, 9.17) is 4.74 Å². The number of carbonyl (C=O) groups excluding carboxylic acids is 2. The first kappa shape index (κ1) is 30.9. The lowest BCUT2D eigenvalue weighted by Gasteiger charge is -2.31. The largest absolute Gasteiger partial charge is 0.434 e. The number of cyclic esters (lactones) is 1. The number of aliphatic hydroxyl groups is 1. The highest BCUT2D eigenvalue weighted by molar-refractivity contribution is 7.97. The summed E-state index contributed by atoms with van der Waals surface area (Å²) in [6, 6.07) is 20.6. The van der Waals surface area contributed by atoms with Crippen LogP contribution in [0.25, 0.3) is 10.2 Å². The predicted molar refractivity (Wildman–Crippen MR) is 169 cm³/mol. The predicted octanol–water partition coefficient (Wildman–Crippen LogP) is 5.90. The highest BCUT2D eigenvalue weighted by atomic mass is 32.2. The Morgan fingerprint density at radius 3 is 2.70 bits per heavy atom. The molecule has 0 radical (unpaired) electrons. The normalized spacial score (nSPS) is 17.2. The highest BCUT2D eigenvalue weighted by Gasteiger charge is 2.38. The van der Waals surface area contributed by atoms with Crippen LogP contribution in [0.3, 0.4) is 0 Å². The number of anilines is 1. The maximum absolute atomic E-state index is 13.4. The summed E-state index contributed by atoms with van der Waals surface area (Å²) in [6.45, 7) is 5.36. The zero-order valence-corrected chi connectivity index (χ0v) is 25.7. The van der Waals surface area contributed by atoms with Crippen LogP contribution in [0.15, 0.2) is 83.2 Å². The number of hydrogen-bond acceptors (Lipinski definition) is 8. The number of amides is 2. The fourth-order valence-electron chi connectivity index (χ4n) is 4.86. The molecule has 2 amide bonds. The van der Waals surface area contributed by atoms with Crippen molar-refractivity contribution in [3.63, 3.8) is 0 Å². The molecule has 1 aliphatic heterocycles. The Hall–Kier alpha value is -3.51. The van der Waals surface area contributed by atoms with Gasteiger partial charge < -0.3 is 15.2 Å². The third-order valence-electron chi connectivity index (χ3n) is 7.47. The van der Waals surface area contributed by atoms with E-state index in [1.165, 1.54) is 29.2 Å². The summed E-state index contributed by atoms with van der Waals surface area (Å²) >= 11 is 3.17. The van der Waals surface area contributed by atoms with Gasteiger partial charge in [-0.3, -0.25) is 9.69 Å². The molecule has 1 aliphatic rings.